The topological polar surface area (TPSA) is 95.9 Å². The molecule has 0 rings (SSSR count). The van der Waals surface area contributed by atoms with Gasteiger partial charge in [0.25, 0.3) is 0 Å². The molecule has 516 valence electrons. The van der Waals surface area contributed by atoms with Crippen LogP contribution >= 0.6 is 0 Å². The van der Waals surface area contributed by atoms with E-state index < -0.39 is 12.1 Å². The zero-order valence-electron chi connectivity index (χ0n) is 59.3. The zero-order chi connectivity index (χ0) is 62.8. The average Bonchev–Trinajstić information content (AvgIpc) is 3.53. The van der Waals surface area contributed by atoms with E-state index in [1.54, 1.807) is 0 Å². The lowest BCUT2D eigenvalue weighted by Crippen LogP contribution is -2.45. The number of aliphatic hydroxyl groups excluding tert-OH is 2. The molecule has 87 heavy (non-hydrogen) atoms. The van der Waals surface area contributed by atoms with Gasteiger partial charge in [-0.2, -0.15) is 0 Å². The second kappa shape index (κ2) is 76.8. The van der Waals surface area contributed by atoms with E-state index in [9.17, 15) is 19.8 Å². The van der Waals surface area contributed by atoms with Gasteiger partial charge in [0.05, 0.1) is 25.4 Å². The van der Waals surface area contributed by atoms with Crippen LogP contribution < -0.4 is 5.32 Å². The van der Waals surface area contributed by atoms with Crippen LogP contribution in [0.15, 0.2) is 24.3 Å². The number of esters is 1. The van der Waals surface area contributed by atoms with Crippen molar-refractivity contribution in [2.45, 2.75) is 469 Å². The van der Waals surface area contributed by atoms with Gasteiger partial charge >= 0.3 is 5.97 Å². The number of allylic oxidation sites excluding steroid dienone is 4. The summed E-state index contributed by atoms with van der Waals surface area (Å²) in [5.74, 6) is -0.0101. The van der Waals surface area contributed by atoms with E-state index in [1.165, 1.54) is 372 Å². The van der Waals surface area contributed by atoms with Crippen LogP contribution in [-0.2, 0) is 14.3 Å². The second-order valence-electron chi connectivity index (χ2n) is 27.8. The Bertz CT molecular complexity index is 1360. The minimum Gasteiger partial charge on any atom is -0.466 e. The lowest BCUT2D eigenvalue weighted by Gasteiger charge is -2.22. The van der Waals surface area contributed by atoms with Crippen molar-refractivity contribution >= 4 is 11.9 Å². The smallest absolute Gasteiger partial charge is 0.305 e. The molecule has 2 unspecified atom stereocenters. The maximum absolute atomic E-state index is 12.6. The first kappa shape index (κ1) is 85.3. The van der Waals surface area contributed by atoms with Crippen molar-refractivity contribution in [3.63, 3.8) is 0 Å². The fraction of sp³-hybridized carbons (Fsp3) is 0.926. The van der Waals surface area contributed by atoms with E-state index in [1.807, 2.05) is 0 Å². The molecule has 2 atom stereocenters. The minimum atomic E-state index is -0.662. The first-order valence-corrected chi connectivity index (χ1v) is 40.1. The molecule has 0 aliphatic carbocycles. The number of carbonyl (C=O) groups excluding carboxylic acids is 2. The molecule has 0 spiro atoms. The maximum Gasteiger partial charge on any atom is 0.305 e. The van der Waals surface area contributed by atoms with Gasteiger partial charge in [0.2, 0.25) is 5.91 Å². The van der Waals surface area contributed by atoms with Crippen LogP contribution in [0.5, 0.6) is 0 Å². The van der Waals surface area contributed by atoms with Crippen LogP contribution in [0.4, 0.5) is 0 Å². The fourth-order valence-electron chi connectivity index (χ4n) is 12.9. The van der Waals surface area contributed by atoms with Gasteiger partial charge in [-0.05, 0) is 57.8 Å². The molecule has 0 aromatic heterocycles. The average molecular weight is 1230 g/mol. The van der Waals surface area contributed by atoms with Crippen molar-refractivity contribution in [3.8, 4) is 0 Å². The number of rotatable bonds is 76. The van der Waals surface area contributed by atoms with Gasteiger partial charge in [0.15, 0.2) is 0 Å². The molecule has 0 bridgehead atoms. The molecule has 6 nitrogen and oxygen atoms in total. The quantitative estimate of drug-likeness (QED) is 0.0320. The molecule has 3 N–H and O–H groups in total. The molecule has 0 aliphatic rings. The highest BCUT2D eigenvalue weighted by Crippen LogP contribution is 2.20. The number of hydrogen-bond donors (Lipinski definition) is 3. The molecule has 0 saturated carbocycles. The summed E-state index contributed by atoms with van der Waals surface area (Å²) < 4.78 is 5.51. The predicted molar refractivity (Wildman–Crippen MR) is 384 cm³/mol. The number of hydrogen-bond acceptors (Lipinski definition) is 5. The summed E-state index contributed by atoms with van der Waals surface area (Å²) in [5.41, 5.74) is 0. The summed E-state index contributed by atoms with van der Waals surface area (Å²) in [7, 11) is 0. The van der Waals surface area contributed by atoms with Gasteiger partial charge in [-0.3, -0.25) is 9.59 Å². The van der Waals surface area contributed by atoms with E-state index in [-0.39, 0.29) is 18.5 Å². The third kappa shape index (κ3) is 73.3. The number of unbranched alkanes of at least 4 members (excludes halogenated alkanes) is 61. The minimum absolute atomic E-state index is 0.0149. The van der Waals surface area contributed by atoms with Gasteiger partial charge in [-0.25, -0.2) is 0 Å². The highest BCUT2D eigenvalue weighted by atomic mass is 16.5. The van der Waals surface area contributed by atoms with Gasteiger partial charge in [0, 0.05) is 12.8 Å². The summed E-state index contributed by atoms with van der Waals surface area (Å²) >= 11 is 0. The Morgan fingerprint density at radius 2 is 0.575 bits per heavy atom. The normalized spacial score (nSPS) is 12.6. The Kier molecular flexibility index (Phi) is 75.3. The largest absolute Gasteiger partial charge is 0.466 e. The van der Waals surface area contributed by atoms with E-state index in [4.69, 9.17) is 4.74 Å². The Morgan fingerprint density at radius 3 is 0.897 bits per heavy atom. The fourth-order valence-corrected chi connectivity index (χ4v) is 12.9. The van der Waals surface area contributed by atoms with Crippen LogP contribution in [0.1, 0.15) is 457 Å². The number of amides is 1. The Hall–Kier alpha value is -1.66. The SMILES string of the molecule is CCCCC/C=C\C/C=C\CCCCCCCCCC(=O)OCCCCCCCCCCCCCCCCCCCCCCCCCCCCCCCCCCCC(=O)NC(CO)C(O)CCCCCCCCCCCCCCCCCCCCCC. The molecule has 0 heterocycles. The van der Waals surface area contributed by atoms with Crippen molar-refractivity contribution < 1.29 is 24.5 Å². The van der Waals surface area contributed by atoms with Crippen LogP contribution in [0.2, 0.25) is 0 Å². The highest BCUT2D eigenvalue weighted by molar-refractivity contribution is 5.76. The zero-order valence-corrected chi connectivity index (χ0v) is 59.3. The first-order chi connectivity index (χ1) is 43.0. The summed E-state index contributed by atoms with van der Waals surface area (Å²) in [6.07, 6.45) is 98.4. The van der Waals surface area contributed by atoms with Crippen molar-refractivity contribution in [2.24, 2.45) is 0 Å². The molecule has 0 saturated heterocycles. The molecule has 6 heteroatoms. The van der Waals surface area contributed by atoms with Crippen LogP contribution in [-0.4, -0.2) is 47.4 Å². The second-order valence-corrected chi connectivity index (χ2v) is 27.8. The van der Waals surface area contributed by atoms with Gasteiger partial charge in [0.1, 0.15) is 0 Å². The standard InChI is InChI=1S/C81H157NO5/c1-3-5-7-9-11-13-15-17-19-21-22-38-42-45-49-53-57-61-65-69-73-79(84)78(77-83)82-80(85)74-70-66-62-58-54-50-46-43-39-36-34-32-30-28-26-24-23-25-27-29-31-33-35-37-40-44-48-52-56-60-64-68-72-76-87-81(86)75-71-67-63-59-55-51-47-41-20-18-16-14-12-10-8-6-4-2/h12,14,18,20,78-79,83-84H,3-11,13,15-17,19,21-77H2,1-2H3,(H,82,85)/b14-12-,20-18-. The third-order valence-corrected chi connectivity index (χ3v) is 19.0. The lowest BCUT2D eigenvalue weighted by atomic mass is 10.0. The monoisotopic (exact) mass is 1220 g/mol. The van der Waals surface area contributed by atoms with E-state index in [2.05, 4.69) is 43.5 Å². The molecular weight excluding hydrogens is 1070 g/mol. The molecule has 0 aliphatic heterocycles. The summed E-state index contributed by atoms with van der Waals surface area (Å²) in [4.78, 5) is 24.7. The maximum atomic E-state index is 12.6. The van der Waals surface area contributed by atoms with Crippen molar-refractivity contribution in [2.75, 3.05) is 13.2 Å². The summed E-state index contributed by atoms with van der Waals surface area (Å²) in [5, 5.41) is 23.4. The van der Waals surface area contributed by atoms with Gasteiger partial charge < -0.3 is 20.3 Å². The lowest BCUT2D eigenvalue weighted by molar-refractivity contribution is -0.143. The Morgan fingerprint density at radius 1 is 0.322 bits per heavy atom. The highest BCUT2D eigenvalue weighted by Gasteiger charge is 2.20. The van der Waals surface area contributed by atoms with Gasteiger partial charge in [-0.1, -0.05) is 411 Å². The molecule has 0 radical (unpaired) electrons. The van der Waals surface area contributed by atoms with Crippen molar-refractivity contribution in [1.29, 1.82) is 0 Å². The van der Waals surface area contributed by atoms with Crippen LogP contribution in [0, 0.1) is 0 Å². The number of ether oxygens (including phenoxy) is 1. The molecular formula is C81H157NO5. The summed E-state index contributed by atoms with van der Waals surface area (Å²) in [6, 6.07) is -0.538. The molecule has 0 fully saturated rings. The van der Waals surface area contributed by atoms with Crippen LogP contribution in [0.25, 0.3) is 0 Å². The van der Waals surface area contributed by atoms with Crippen LogP contribution in [0.3, 0.4) is 0 Å². The number of nitrogens with one attached hydrogen (secondary N) is 1. The van der Waals surface area contributed by atoms with Gasteiger partial charge in [-0.15, -0.1) is 0 Å². The number of carbonyl (C=O) groups is 2. The van der Waals surface area contributed by atoms with E-state index in [0.29, 0.717) is 25.9 Å². The Balaban J connectivity index is 3.32. The first-order valence-electron chi connectivity index (χ1n) is 40.1. The van der Waals surface area contributed by atoms with Crippen molar-refractivity contribution in [1.82, 2.24) is 5.32 Å². The van der Waals surface area contributed by atoms with E-state index in [0.717, 1.165) is 51.4 Å². The summed E-state index contributed by atoms with van der Waals surface area (Å²) in [6.45, 7) is 4.98. The molecule has 1 amide bonds. The van der Waals surface area contributed by atoms with Crippen molar-refractivity contribution in [3.05, 3.63) is 24.3 Å². The molecule has 0 aromatic carbocycles. The predicted octanol–water partition coefficient (Wildman–Crippen LogP) is 26.4. The van der Waals surface area contributed by atoms with E-state index >= 15 is 0 Å². The molecule has 0 aromatic rings. The third-order valence-electron chi connectivity index (χ3n) is 19.0. The number of aliphatic hydroxyl groups is 2. The Labute approximate surface area is 545 Å².